The van der Waals surface area contributed by atoms with Crippen molar-refractivity contribution in [1.82, 2.24) is 0 Å². The summed E-state index contributed by atoms with van der Waals surface area (Å²) in [6, 6.07) is 14.4. The predicted molar refractivity (Wildman–Crippen MR) is 78.0 cm³/mol. The lowest BCUT2D eigenvalue weighted by Gasteiger charge is -2.07. The number of nitrogens with two attached hydrogens (primary N) is 1. The van der Waals surface area contributed by atoms with Crippen molar-refractivity contribution in [3.63, 3.8) is 0 Å². The lowest BCUT2D eigenvalue weighted by molar-refractivity contribution is -0.113. The van der Waals surface area contributed by atoms with E-state index in [0.717, 1.165) is 0 Å². The van der Waals surface area contributed by atoms with E-state index in [1.165, 1.54) is 12.1 Å². The van der Waals surface area contributed by atoms with Gasteiger partial charge in [-0.1, -0.05) is 24.3 Å². The van der Waals surface area contributed by atoms with Gasteiger partial charge in [0, 0.05) is 11.4 Å². The summed E-state index contributed by atoms with van der Waals surface area (Å²) in [5.74, 6) is -1.20. The van der Waals surface area contributed by atoms with Gasteiger partial charge in [-0.05, 0) is 30.3 Å². The van der Waals surface area contributed by atoms with Crippen molar-refractivity contribution in [2.24, 2.45) is 0 Å². The van der Waals surface area contributed by atoms with Crippen LogP contribution in [0, 0.1) is 0 Å². The third kappa shape index (κ3) is 3.58. The molecule has 5 nitrogen and oxygen atoms in total. The average Bonchev–Trinajstić information content (AvgIpc) is 2.39. The predicted octanol–water partition coefficient (Wildman–Crippen LogP) is 1.68. The summed E-state index contributed by atoms with van der Waals surface area (Å²) in [5, 5.41) is 2.51. The van der Waals surface area contributed by atoms with Crippen molar-refractivity contribution in [1.29, 1.82) is 0 Å². The Hall–Kier alpha value is -2.34. The van der Waals surface area contributed by atoms with Crippen LogP contribution in [-0.2, 0) is 14.6 Å². The Balaban J connectivity index is 2.09. The Morgan fingerprint density at radius 3 is 2.40 bits per heavy atom. The van der Waals surface area contributed by atoms with E-state index in [1.807, 2.05) is 0 Å². The Kier molecular flexibility index (Phi) is 4.05. The normalized spacial score (nSPS) is 11.0. The van der Waals surface area contributed by atoms with Gasteiger partial charge in [0.2, 0.25) is 5.91 Å². The van der Waals surface area contributed by atoms with E-state index in [9.17, 15) is 13.2 Å². The monoisotopic (exact) mass is 290 g/mol. The van der Waals surface area contributed by atoms with Gasteiger partial charge in [0.1, 0.15) is 5.75 Å². The minimum atomic E-state index is -3.63. The molecule has 0 radical (unpaired) electrons. The zero-order valence-corrected chi connectivity index (χ0v) is 11.4. The van der Waals surface area contributed by atoms with Gasteiger partial charge in [0.15, 0.2) is 9.84 Å². The highest BCUT2D eigenvalue weighted by Gasteiger charge is 2.18. The number of nitrogen functional groups attached to an aromatic ring is 1. The van der Waals surface area contributed by atoms with Crippen LogP contribution in [-0.4, -0.2) is 20.1 Å². The van der Waals surface area contributed by atoms with Crippen molar-refractivity contribution < 1.29 is 13.2 Å². The zero-order valence-electron chi connectivity index (χ0n) is 10.6. The smallest absolute Gasteiger partial charge is 0.239 e. The van der Waals surface area contributed by atoms with Gasteiger partial charge in [0.25, 0.3) is 0 Å². The van der Waals surface area contributed by atoms with Gasteiger partial charge >= 0.3 is 0 Å². The molecule has 0 saturated carbocycles. The van der Waals surface area contributed by atoms with E-state index in [0.29, 0.717) is 11.4 Å². The largest absolute Gasteiger partial charge is 0.399 e. The van der Waals surface area contributed by atoms with Crippen molar-refractivity contribution >= 4 is 27.1 Å². The molecule has 0 bridgehead atoms. The molecule has 6 heteroatoms. The number of amides is 1. The Morgan fingerprint density at radius 1 is 1.05 bits per heavy atom. The van der Waals surface area contributed by atoms with Crippen LogP contribution in [0.1, 0.15) is 0 Å². The molecule has 0 aliphatic heterocycles. The molecule has 0 heterocycles. The minimum absolute atomic E-state index is 0.128. The SMILES string of the molecule is Nc1cccc(NC(=O)CS(=O)(=O)c2ccccc2)c1. The molecule has 0 atom stereocenters. The van der Waals surface area contributed by atoms with E-state index in [-0.39, 0.29) is 4.90 Å². The number of hydrogen-bond acceptors (Lipinski definition) is 4. The van der Waals surface area contributed by atoms with Crippen LogP contribution in [0.2, 0.25) is 0 Å². The first-order valence-corrected chi connectivity index (χ1v) is 7.56. The van der Waals surface area contributed by atoms with Crippen LogP contribution in [0.3, 0.4) is 0 Å². The number of rotatable bonds is 4. The van der Waals surface area contributed by atoms with E-state index in [2.05, 4.69) is 5.32 Å². The van der Waals surface area contributed by atoms with Gasteiger partial charge in [-0.25, -0.2) is 8.42 Å². The molecule has 0 unspecified atom stereocenters. The summed E-state index contributed by atoms with van der Waals surface area (Å²) >= 11 is 0. The van der Waals surface area contributed by atoms with Crippen molar-refractivity contribution in [2.45, 2.75) is 4.90 Å². The van der Waals surface area contributed by atoms with Crippen LogP contribution in [0.5, 0.6) is 0 Å². The highest BCUT2D eigenvalue weighted by Crippen LogP contribution is 2.13. The molecule has 0 aromatic heterocycles. The Labute approximate surface area is 117 Å². The molecule has 2 aromatic carbocycles. The molecule has 0 fully saturated rings. The first-order chi connectivity index (χ1) is 9.47. The second-order valence-corrected chi connectivity index (χ2v) is 6.24. The molecule has 1 amide bonds. The molecule has 3 N–H and O–H groups in total. The van der Waals surface area contributed by atoms with E-state index >= 15 is 0 Å². The van der Waals surface area contributed by atoms with Gasteiger partial charge in [-0.3, -0.25) is 4.79 Å². The Morgan fingerprint density at radius 2 is 1.75 bits per heavy atom. The molecule has 0 aliphatic carbocycles. The highest BCUT2D eigenvalue weighted by atomic mass is 32.2. The molecule has 104 valence electrons. The second kappa shape index (κ2) is 5.75. The van der Waals surface area contributed by atoms with Crippen LogP contribution in [0.25, 0.3) is 0 Å². The minimum Gasteiger partial charge on any atom is -0.399 e. The first kappa shape index (κ1) is 14.1. The molecule has 0 aliphatic rings. The first-order valence-electron chi connectivity index (χ1n) is 5.90. The quantitative estimate of drug-likeness (QED) is 0.838. The van der Waals surface area contributed by atoms with Crippen LogP contribution in [0.15, 0.2) is 59.5 Å². The number of carbonyl (C=O) groups excluding carboxylic acids is 1. The van der Waals surface area contributed by atoms with Crippen molar-refractivity contribution in [2.75, 3.05) is 16.8 Å². The summed E-state index contributed by atoms with van der Waals surface area (Å²) in [6.07, 6.45) is 0. The fourth-order valence-corrected chi connectivity index (χ4v) is 2.85. The second-order valence-electron chi connectivity index (χ2n) is 4.25. The van der Waals surface area contributed by atoms with Gasteiger partial charge in [-0.2, -0.15) is 0 Å². The molecule has 20 heavy (non-hydrogen) atoms. The Bertz CT molecular complexity index is 712. The number of sulfone groups is 1. The summed E-state index contributed by atoms with van der Waals surface area (Å²) < 4.78 is 24.0. The maximum atomic E-state index is 12.0. The van der Waals surface area contributed by atoms with Gasteiger partial charge in [0.05, 0.1) is 4.90 Å². The molecular weight excluding hydrogens is 276 g/mol. The summed E-state index contributed by atoms with van der Waals surface area (Å²) in [6.45, 7) is 0. The van der Waals surface area contributed by atoms with E-state index in [4.69, 9.17) is 5.73 Å². The summed E-state index contributed by atoms with van der Waals surface area (Å²) in [7, 11) is -3.63. The molecular formula is C14H14N2O3S. The topological polar surface area (TPSA) is 89.3 Å². The van der Waals surface area contributed by atoms with Gasteiger partial charge < -0.3 is 11.1 Å². The number of nitrogens with one attached hydrogen (secondary N) is 1. The highest BCUT2D eigenvalue weighted by molar-refractivity contribution is 7.92. The van der Waals surface area contributed by atoms with E-state index in [1.54, 1.807) is 42.5 Å². The van der Waals surface area contributed by atoms with Crippen molar-refractivity contribution in [3.05, 3.63) is 54.6 Å². The van der Waals surface area contributed by atoms with Crippen LogP contribution >= 0.6 is 0 Å². The maximum absolute atomic E-state index is 12.0. The van der Waals surface area contributed by atoms with Crippen LogP contribution < -0.4 is 11.1 Å². The van der Waals surface area contributed by atoms with Crippen LogP contribution in [0.4, 0.5) is 11.4 Å². The number of anilines is 2. The van der Waals surface area contributed by atoms with Crippen molar-refractivity contribution in [3.8, 4) is 0 Å². The third-order valence-electron chi connectivity index (χ3n) is 2.59. The third-order valence-corrected chi connectivity index (χ3v) is 4.23. The molecule has 0 spiro atoms. The zero-order chi connectivity index (χ0) is 14.6. The number of benzene rings is 2. The summed E-state index contributed by atoms with van der Waals surface area (Å²) in [5.41, 5.74) is 6.55. The molecule has 0 saturated heterocycles. The maximum Gasteiger partial charge on any atom is 0.239 e. The fourth-order valence-electron chi connectivity index (χ4n) is 1.70. The lowest BCUT2D eigenvalue weighted by Crippen LogP contribution is -2.23. The number of hydrogen-bond donors (Lipinski definition) is 2. The fraction of sp³-hybridized carbons (Fsp3) is 0.0714. The van der Waals surface area contributed by atoms with Gasteiger partial charge in [-0.15, -0.1) is 0 Å². The van der Waals surface area contributed by atoms with E-state index < -0.39 is 21.5 Å². The molecule has 2 rings (SSSR count). The average molecular weight is 290 g/mol. The molecule has 2 aromatic rings. The summed E-state index contributed by atoms with van der Waals surface area (Å²) in [4.78, 5) is 11.9. The number of carbonyl (C=O) groups is 1. The standard InChI is InChI=1S/C14H14N2O3S/c15-11-5-4-6-12(9-11)16-14(17)10-20(18,19)13-7-2-1-3-8-13/h1-9H,10,15H2,(H,16,17). The lowest BCUT2D eigenvalue weighted by atomic mass is 10.3.